The van der Waals surface area contributed by atoms with Gasteiger partial charge in [0.15, 0.2) is 0 Å². The van der Waals surface area contributed by atoms with Crippen LogP contribution in [0.4, 0.5) is 15.9 Å². The second kappa shape index (κ2) is 5.06. The highest BCUT2D eigenvalue weighted by molar-refractivity contribution is 6.07. The average Bonchev–Trinajstić information content (AvgIpc) is 2.26. The summed E-state index contributed by atoms with van der Waals surface area (Å²) in [4.78, 5) is 16.2. The monoisotopic (exact) mass is 259 g/mol. The van der Waals surface area contributed by atoms with Gasteiger partial charge in [-0.3, -0.25) is 4.79 Å². The fourth-order valence-electron chi connectivity index (χ4n) is 1.83. The van der Waals surface area contributed by atoms with E-state index in [9.17, 15) is 9.18 Å². The molecule has 0 aliphatic rings. The number of halogens is 1. The van der Waals surface area contributed by atoms with E-state index in [4.69, 9.17) is 5.73 Å². The zero-order valence-corrected chi connectivity index (χ0v) is 10.7. The van der Waals surface area contributed by atoms with Crippen molar-refractivity contribution in [1.29, 1.82) is 0 Å². The normalized spacial score (nSPS) is 10.3. The molecule has 98 valence electrons. The number of benzene rings is 1. The van der Waals surface area contributed by atoms with Crippen molar-refractivity contribution in [2.75, 3.05) is 11.1 Å². The maximum absolute atomic E-state index is 12.9. The summed E-state index contributed by atoms with van der Waals surface area (Å²) >= 11 is 0. The number of amides is 1. The molecule has 1 amide bonds. The molecule has 5 heteroatoms. The molecule has 19 heavy (non-hydrogen) atoms. The Bertz CT molecular complexity index is 620. The van der Waals surface area contributed by atoms with Crippen molar-refractivity contribution in [2.45, 2.75) is 13.8 Å². The van der Waals surface area contributed by atoms with Crippen LogP contribution >= 0.6 is 0 Å². The quantitative estimate of drug-likeness (QED) is 0.815. The number of pyridine rings is 1. The van der Waals surface area contributed by atoms with Crippen LogP contribution < -0.4 is 11.1 Å². The number of aryl methyl sites for hydroxylation is 2. The largest absolute Gasteiger partial charge is 0.398 e. The summed E-state index contributed by atoms with van der Waals surface area (Å²) in [6, 6.07) is 7.32. The van der Waals surface area contributed by atoms with Crippen molar-refractivity contribution in [3.8, 4) is 0 Å². The number of aromatic nitrogens is 1. The molecule has 3 N–H and O–H groups in total. The summed E-state index contributed by atoms with van der Waals surface area (Å²) in [5, 5.41) is 2.65. The minimum absolute atomic E-state index is 0.0990. The van der Waals surface area contributed by atoms with E-state index < -0.39 is 11.7 Å². The third kappa shape index (κ3) is 3.07. The van der Waals surface area contributed by atoms with Crippen LogP contribution in [-0.2, 0) is 0 Å². The van der Waals surface area contributed by atoms with Gasteiger partial charge < -0.3 is 11.1 Å². The molecule has 0 saturated carbocycles. The fraction of sp³-hybridized carbons (Fsp3) is 0.143. The Morgan fingerprint density at radius 2 is 2.00 bits per heavy atom. The van der Waals surface area contributed by atoms with E-state index in [0.717, 1.165) is 17.3 Å². The van der Waals surface area contributed by atoms with Gasteiger partial charge in [0.05, 0.1) is 5.56 Å². The van der Waals surface area contributed by atoms with Gasteiger partial charge in [-0.1, -0.05) is 0 Å². The Morgan fingerprint density at radius 1 is 1.26 bits per heavy atom. The first-order valence-electron chi connectivity index (χ1n) is 5.77. The molecular formula is C14H14FN3O. The Hall–Kier alpha value is -2.43. The fourth-order valence-corrected chi connectivity index (χ4v) is 1.83. The molecule has 0 aliphatic carbocycles. The molecule has 0 bridgehead atoms. The maximum atomic E-state index is 12.9. The molecule has 1 aromatic carbocycles. The smallest absolute Gasteiger partial charge is 0.258 e. The minimum atomic E-state index is -0.474. The second-order valence-corrected chi connectivity index (χ2v) is 4.36. The zero-order chi connectivity index (χ0) is 14.0. The first-order chi connectivity index (χ1) is 8.95. The number of nitrogens with one attached hydrogen (secondary N) is 1. The standard InChI is InChI=1S/C14H14FN3O/c1-8-5-9(2)17-13(6-8)18-14(19)11-4-3-10(15)7-12(11)16/h3-7H,16H2,1-2H3,(H,17,18,19). The van der Waals surface area contributed by atoms with Gasteiger partial charge >= 0.3 is 0 Å². The first-order valence-corrected chi connectivity index (χ1v) is 5.77. The lowest BCUT2D eigenvalue weighted by molar-refractivity contribution is 0.102. The SMILES string of the molecule is Cc1cc(C)nc(NC(=O)c2ccc(F)cc2N)c1. The number of anilines is 2. The van der Waals surface area contributed by atoms with Crippen LogP contribution in [0.25, 0.3) is 0 Å². The molecular weight excluding hydrogens is 245 g/mol. The third-order valence-corrected chi connectivity index (χ3v) is 2.60. The highest BCUT2D eigenvalue weighted by Gasteiger charge is 2.11. The maximum Gasteiger partial charge on any atom is 0.258 e. The van der Waals surface area contributed by atoms with Crippen LogP contribution in [-0.4, -0.2) is 10.9 Å². The van der Waals surface area contributed by atoms with E-state index in [0.29, 0.717) is 5.82 Å². The number of nitrogens with two attached hydrogens (primary N) is 1. The van der Waals surface area contributed by atoms with Crippen molar-refractivity contribution in [3.05, 3.63) is 53.0 Å². The molecule has 0 aliphatic heterocycles. The van der Waals surface area contributed by atoms with E-state index in [1.165, 1.54) is 12.1 Å². The van der Waals surface area contributed by atoms with Crippen LogP contribution in [0.3, 0.4) is 0 Å². The average molecular weight is 259 g/mol. The molecule has 4 nitrogen and oxygen atoms in total. The number of hydrogen-bond acceptors (Lipinski definition) is 3. The van der Waals surface area contributed by atoms with E-state index >= 15 is 0 Å². The Kier molecular flexibility index (Phi) is 3.46. The van der Waals surface area contributed by atoms with Crippen LogP contribution in [0.15, 0.2) is 30.3 Å². The minimum Gasteiger partial charge on any atom is -0.398 e. The summed E-state index contributed by atoms with van der Waals surface area (Å²) in [7, 11) is 0. The Balaban J connectivity index is 2.25. The van der Waals surface area contributed by atoms with Gasteiger partial charge in [0, 0.05) is 11.4 Å². The van der Waals surface area contributed by atoms with Gasteiger partial charge in [-0.15, -0.1) is 0 Å². The number of carbonyl (C=O) groups is 1. The number of nitrogen functional groups attached to an aromatic ring is 1. The lowest BCUT2D eigenvalue weighted by Gasteiger charge is -2.08. The second-order valence-electron chi connectivity index (χ2n) is 4.36. The van der Waals surface area contributed by atoms with E-state index in [1.54, 1.807) is 6.07 Å². The van der Waals surface area contributed by atoms with Gasteiger partial charge in [0.25, 0.3) is 5.91 Å². The summed E-state index contributed by atoms with van der Waals surface area (Å²) in [6.45, 7) is 3.76. The van der Waals surface area contributed by atoms with Crippen LogP contribution in [0.5, 0.6) is 0 Å². The molecule has 0 saturated heterocycles. The number of nitrogens with zero attached hydrogens (tertiary/aromatic N) is 1. The lowest BCUT2D eigenvalue weighted by atomic mass is 10.1. The van der Waals surface area contributed by atoms with Crippen molar-refractivity contribution in [2.24, 2.45) is 0 Å². The Morgan fingerprint density at radius 3 is 2.63 bits per heavy atom. The lowest BCUT2D eigenvalue weighted by Crippen LogP contribution is -2.15. The van der Waals surface area contributed by atoms with E-state index in [1.807, 2.05) is 19.9 Å². The first kappa shape index (κ1) is 13.0. The van der Waals surface area contributed by atoms with Crippen molar-refractivity contribution < 1.29 is 9.18 Å². The highest BCUT2D eigenvalue weighted by atomic mass is 19.1. The van der Waals surface area contributed by atoms with Gasteiger partial charge in [-0.25, -0.2) is 9.37 Å². The highest BCUT2D eigenvalue weighted by Crippen LogP contribution is 2.16. The van der Waals surface area contributed by atoms with Crippen molar-refractivity contribution in [3.63, 3.8) is 0 Å². The van der Waals surface area contributed by atoms with Crippen molar-refractivity contribution >= 4 is 17.4 Å². The van der Waals surface area contributed by atoms with Gasteiger partial charge in [0.1, 0.15) is 11.6 Å². The molecule has 0 spiro atoms. The molecule has 1 aromatic heterocycles. The van der Waals surface area contributed by atoms with Gasteiger partial charge in [0.2, 0.25) is 0 Å². The van der Waals surface area contributed by atoms with Crippen LogP contribution in [0, 0.1) is 19.7 Å². The molecule has 0 atom stereocenters. The topological polar surface area (TPSA) is 68.0 Å². The van der Waals surface area contributed by atoms with Crippen LogP contribution in [0.1, 0.15) is 21.6 Å². The predicted molar refractivity (Wildman–Crippen MR) is 72.5 cm³/mol. The zero-order valence-electron chi connectivity index (χ0n) is 10.7. The van der Waals surface area contributed by atoms with E-state index in [2.05, 4.69) is 10.3 Å². The summed E-state index contributed by atoms with van der Waals surface area (Å²) in [5.74, 6) is -0.431. The molecule has 1 heterocycles. The molecule has 0 radical (unpaired) electrons. The van der Waals surface area contributed by atoms with Gasteiger partial charge in [-0.05, 0) is 49.7 Å². The molecule has 2 rings (SSSR count). The molecule has 0 fully saturated rings. The third-order valence-electron chi connectivity index (χ3n) is 2.60. The Labute approximate surface area is 110 Å². The van der Waals surface area contributed by atoms with Crippen LogP contribution in [0.2, 0.25) is 0 Å². The number of rotatable bonds is 2. The number of hydrogen-bond donors (Lipinski definition) is 2. The predicted octanol–water partition coefficient (Wildman–Crippen LogP) is 2.67. The number of carbonyl (C=O) groups excluding carboxylic acids is 1. The summed E-state index contributed by atoms with van der Waals surface area (Å²) in [6.07, 6.45) is 0. The molecule has 2 aromatic rings. The van der Waals surface area contributed by atoms with E-state index in [-0.39, 0.29) is 11.3 Å². The van der Waals surface area contributed by atoms with Crippen molar-refractivity contribution in [1.82, 2.24) is 4.98 Å². The molecule has 0 unspecified atom stereocenters. The summed E-state index contributed by atoms with van der Waals surface area (Å²) < 4.78 is 12.9. The summed E-state index contributed by atoms with van der Waals surface area (Å²) in [5.41, 5.74) is 7.74. The van der Waals surface area contributed by atoms with Gasteiger partial charge in [-0.2, -0.15) is 0 Å².